The first-order valence-corrected chi connectivity index (χ1v) is 10.2. The van der Waals surface area contributed by atoms with Crippen molar-refractivity contribution in [2.75, 3.05) is 24.2 Å². The summed E-state index contributed by atoms with van der Waals surface area (Å²) in [7, 11) is -1.84. The van der Waals surface area contributed by atoms with Crippen LogP contribution in [0, 0.1) is 0 Å². The van der Waals surface area contributed by atoms with E-state index in [-0.39, 0.29) is 18.5 Å². The van der Waals surface area contributed by atoms with Crippen LogP contribution in [-0.4, -0.2) is 34.2 Å². The highest BCUT2D eigenvalue weighted by atomic mass is 32.2. The normalized spacial score (nSPS) is 12.1. The average Bonchev–Trinajstić information content (AvgIpc) is 2.65. The number of nitrogens with zero attached hydrogens (tertiary/aromatic N) is 1. The van der Waals surface area contributed by atoms with Crippen LogP contribution < -0.4 is 14.4 Å². The third kappa shape index (κ3) is 5.10. The molecule has 2 rings (SSSR count). The largest absolute Gasteiger partial charge is 0.496 e. The zero-order valence-corrected chi connectivity index (χ0v) is 16.5. The summed E-state index contributed by atoms with van der Waals surface area (Å²) < 4.78 is 30.3. The number of benzene rings is 2. The lowest BCUT2D eigenvalue weighted by Crippen LogP contribution is -2.30. The number of anilines is 1. The van der Waals surface area contributed by atoms with Crippen molar-refractivity contribution in [3.05, 3.63) is 72.3 Å². The van der Waals surface area contributed by atoms with Gasteiger partial charge in [0.2, 0.25) is 10.0 Å². The molecule has 1 amide bonds. The number of carbonyl (C=O) groups excluding carboxylic acids is 1. The van der Waals surface area contributed by atoms with Gasteiger partial charge in [-0.15, -0.1) is 6.58 Å². The molecule has 0 saturated heterocycles. The first-order valence-electron chi connectivity index (χ1n) is 8.40. The van der Waals surface area contributed by atoms with Gasteiger partial charge < -0.3 is 10.1 Å². The highest BCUT2D eigenvalue weighted by Crippen LogP contribution is 2.25. The molecule has 0 aromatic heterocycles. The molecule has 2 aromatic rings. The van der Waals surface area contributed by atoms with Gasteiger partial charge in [0.1, 0.15) is 5.75 Å². The van der Waals surface area contributed by atoms with E-state index in [2.05, 4.69) is 11.9 Å². The smallest absolute Gasteiger partial charge is 0.251 e. The lowest BCUT2D eigenvalue weighted by molar-refractivity contribution is 0.0939. The zero-order chi connectivity index (χ0) is 20.0. The molecule has 0 spiro atoms. The molecule has 1 atom stereocenters. The van der Waals surface area contributed by atoms with Crippen molar-refractivity contribution in [3.8, 4) is 5.75 Å². The summed E-state index contributed by atoms with van der Waals surface area (Å²) in [6, 6.07) is 13.6. The third-order valence-electron chi connectivity index (χ3n) is 4.07. The fourth-order valence-corrected chi connectivity index (χ4v) is 3.59. The fraction of sp³-hybridized carbons (Fsp3) is 0.250. The summed E-state index contributed by atoms with van der Waals surface area (Å²) >= 11 is 0. The number of methoxy groups -OCH3 is 1. The minimum atomic E-state index is -3.43. The molecule has 0 aliphatic rings. The molecule has 0 bridgehead atoms. The predicted octanol–water partition coefficient (Wildman–Crippen LogP) is 3.14. The van der Waals surface area contributed by atoms with E-state index in [1.807, 2.05) is 31.2 Å². The summed E-state index contributed by atoms with van der Waals surface area (Å²) in [5, 5.41) is 2.92. The lowest BCUT2D eigenvalue weighted by Gasteiger charge is -2.21. The van der Waals surface area contributed by atoms with Gasteiger partial charge in [-0.3, -0.25) is 9.10 Å². The Labute approximate surface area is 160 Å². The summed E-state index contributed by atoms with van der Waals surface area (Å²) in [6.45, 7) is 5.62. The van der Waals surface area contributed by atoms with Gasteiger partial charge in [-0.25, -0.2) is 8.42 Å². The second-order valence-electron chi connectivity index (χ2n) is 6.07. The van der Waals surface area contributed by atoms with Gasteiger partial charge in [0.05, 0.1) is 31.6 Å². The summed E-state index contributed by atoms with van der Waals surface area (Å²) in [4.78, 5) is 12.5. The minimum Gasteiger partial charge on any atom is -0.496 e. The number of hydrogen-bond acceptors (Lipinski definition) is 4. The Bertz CT molecular complexity index is 908. The Morgan fingerprint density at radius 3 is 2.41 bits per heavy atom. The highest BCUT2D eigenvalue weighted by Gasteiger charge is 2.18. The summed E-state index contributed by atoms with van der Waals surface area (Å²) in [6.07, 6.45) is 2.64. The maximum Gasteiger partial charge on any atom is 0.251 e. The number of amides is 1. The lowest BCUT2D eigenvalue weighted by atomic mass is 10.1. The summed E-state index contributed by atoms with van der Waals surface area (Å²) in [5.74, 6) is 0.448. The molecule has 27 heavy (non-hydrogen) atoms. The molecule has 0 unspecified atom stereocenters. The van der Waals surface area contributed by atoms with E-state index >= 15 is 0 Å². The van der Waals surface area contributed by atoms with E-state index in [0.717, 1.165) is 11.8 Å². The van der Waals surface area contributed by atoms with E-state index in [4.69, 9.17) is 4.74 Å². The summed E-state index contributed by atoms with van der Waals surface area (Å²) in [5.41, 5.74) is 1.79. The van der Waals surface area contributed by atoms with Gasteiger partial charge >= 0.3 is 0 Å². The Morgan fingerprint density at radius 1 is 1.22 bits per heavy atom. The molecular formula is C20H24N2O4S. The van der Waals surface area contributed by atoms with E-state index < -0.39 is 10.0 Å². The Kier molecular flexibility index (Phi) is 6.63. The molecule has 0 saturated carbocycles. The van der Waals surface area contributed by atoms with Crippen LogP contribution in [0.3, 0.4) is 0 Å². The van der Waals surface area contributed by atoms with Crippen LogP contribution in [-0.2, 0) is 10.0 Å². The molecule has 6 nitrogen and oxygen atoms in total. The molecule has 0 aliphatic carbocycles. The van der Waals surface area contributed by atoms with Gasteiger partial charge in [0, 0.05) is 11.1 Å². The number of sulfonamides is 1. The molecule has 0 aliphatic heterocycles. The fourth-order valence-electron chi connectivity index (χ4n) is 2.71. The van der Waals surface area contributed by atoms with Crippen molar-refractivity contribution in [2.24, 2.45) is 0 Å². The molecule has 0 heterocycles. The van der Waals surface area contributed by atoms with Crippen molar-refractivity contribution >= 4 is 21.6 Å². The molecule has 2 aromatic carbocycles. The first kappa shape index (κ1) is 20.5. The van der Waals surface area contributed by atoms with Gasteiger partial charge in [0.25, 0.3) is 5.91 Å². The second kappa shape index (κ2) is 8.73. The molecule has 144 valence electrons. The Morgan fingerprint density at radius 2 is 1.85 bits per heavy atom. The SMILES string of the molecule is C=CCN(c1ccc(C(=O)N[C@H](C)c2ccccc2OC)cc1)S(C)(=O)=O. The van der Waals surface area contributed by atoms with Crippen molar-refractivity contribution in [1.29, 1.82) is 0 Å². The van der Waals surface area contributed by atoms with E-state index in [0.29, 0.717) is 17.0 Å². The number of nitrogens with one attached hydrogen (secondary N) is 1. The van der Waals surface area contributed by atoms with E-state index in [9.17, 15) is 13.2 Å². The van der Waals surface area contributed by atoms with E-state index in [1.54, 1.807) is 31.4 Å². The Balaban J connectivity index is 2.17. The zero-order valence-electron chi connectivity index (χ0n) is 15.7. The molecule has 1 N–H and O–H groups in total. The highest BCUT2D eigenvalue weighted by molar-refractivity contribution is 7.92. The quantitative estimate of drug-likeness (QED) is 0.705. The monoisotopic (exact) mass is 388 g/mol. The minimum absolute atomic E-state index is 0.162. The van der Waals surface area contributed by atoms with Crippen LogP contribution in [0.1, 0.15) is 28.9 Å². The van der Waals surface area contributed by atoms with Gasteiger partial charge in [0.15, 0.2) is 0 Å². The second-order valence-corrected chi connectivity index (χ2v) is 7.97. The van der Waals surface area contributed by atoms with E-state index in [1.165, 1.54) is 10.4 Å². The van der Waals surface area contributed by atoms with Crippen LogP contribution in [0.2, 0.25) is 0 Å². The van der Waals surface area contributed by atoms with Crippen LogP contribution in [0.4, 0.5) is 5.69 Å². The topological polar surface area (TPSA) is 75.7 Å². The van der Waals surface area contributed by atoms with Crippen molar-refractivity contribution in [2.45, 2.75) is 13.0 Å². The standard InChI is InChI=1S/C20H24N2O4S/c1-5-14-22(27(4,24)25)17-12-10-16(11-13-17)20(23)21-15(2)18-8-6-7-9-19(18)26-3/h5-13,15H,1,14H2,2-4H3,(H,21,23)/t15-/m1/s1. The van der Waals surface area contributed by atoms with Crippen LogP contribution in [0.15, 0.2) is 61.2 Å². The molecular weight excluding hydrogens is 364 g/mol. The Hall–Kier alpha value is -2.80. The molecule has 0 radical (unpaired) electrons. The molecule has 0 fully saturated rings. The van der Waals surface area contributed by atoms with Gasteiger partial charge in [-0.1, -0.05) is 24.3 Å². The average molecular weight is 388 g/mol. The maximum absolute atomic E-state index is 12.5. The van der Waals surface area contributed by atoms with Crippen molar-refractivity contribution in [1.82, 2.24) is 5.32 Å². The number of rotatable bonds is 8. The van der Waals surface area contributed by atoms with Crippen molar-refractivity contribution in [3.63, 3.8) is 0 Å². The van der Waals surface area contributed by atoms with Crippen LogP contribution in [0.25, 0.3) is 0 Å². The number of para-hydroxylation sites is 1. The maximum atomic E-state index is 12.5. The molecule has 7 heteroatoms. The van der Waals surface area contributed by atoms with Crippen LogP contribution >= 0.6 is 0 Å². The number of hydrogen-bond donors (Lipinski definition) is 1. The van der Waals surface area contributed by atoms with Crippen molar-refractivity contribution < 1.29 is 17.9 Å². The van der Waals surface area contributed by atoms with Crippen LogP contribution in [0.5, 0.6) is 5.75 Å². The predicted molar refractivity (Wildman–Crippen MR) is 108 cm³/mol. The third-order valence-corrected chi connectivity index (χ3v) is 5.23. The number of ether oxygens (including phenoxy) is 1. The first-order chi connectivity index (χ1) is 12.8. The number of carbonyl (C=O) groups is 1. The van der Waals surface area contributed by atoms with Gasteiger partial charge in [-0.05, 0) is 37.3 Å². The van der Waals surface area contributed by atoms with Gasteiger partial charge in [-0.2, -0.15) is 0 Å².